The van der Waals surface area contributed by atoms with Gasteiger partial charge >= 0.3 is 0 Å². The molecule has 0 aliphatic rings. The van der Waals surface area contributed by atoms with Crippen molar-refractivity contribution in [1.29, 1.82) is 0 Å². The lowest BCUT2D eigenvalue weighted by Gasteiger charge is -2.07. The van der Waals surface area contributed by atoms with Crippen molar-refractivity contribution in [2.45, 2.75) is 0 Å². The van der Waals surface area contributed by atoms with Crippen LogP contribution in [0.4, 0.5) is 5.00 Å². The zero-order chi connectivity index (χ0) is 14.8. The molecule has 0 saturated carbocycles. The zero-order valence-electron chi connectivity index (χ0n) is 11.5. The summed E-state index contributed by atoms with van der Waals surface area (Å²) in [5, 5.41) is 4.69. The summed E-state index contributed by atoms with van der Waals surface area (Å²) in [6.07, 6.45) is 0. The van der Waals surface area contributed by atoms with Gasteiger partial charge in [-0.05, 0) is 30.3 Å². The lowest BCUT2D eigenvalue weighted by molar-refractivity contribution is 0.355. The van der Waals surface area contributed by atoms with E-state index in [1.807, 2.05) is 12.1 Å². The fourth-order valence-electron chi connectivity index (χ4n) is 1.88. The molecule has 1 aromatic carbocycles. The maximum absolute atomic E-state index is 5.70. The van der Waals surface area contributed by atoms with Crippen LogP contribution in [0.3, 0.4) is 0 Å². The molecule has 108 valence electrons. The van der Waals surface area contributed by atoms with Crippen molar-refractivity contribution in [3.05, 3.63) is 30.3 Å². The topological polar surface area (TPSA) is 83.4 Å². The van der Waals surface area contributed by atoms with Crippen LogP contribution in [0, 0.1) is 0 Å². The van der Waals surface area contributed by atoms with Gasteiger partial charge in [0.2, 0.25) is 5.82 Å². The molecule has 0 fully saturated rings. The molecule has 0 unspecified atom stereocenters. The minimum Gasteiger partial charge on any atom is -0.493 e. The van der Waals surface area contributed by atoms with E-state index in [0.29, 0.717) is 28.2 Å². The first-order valence-electron chi connectivity index (χ1n) is 6.13. The van der Waals surface area contributed by atoms with Crippen LogP contribution in [-0.2, 0) is 0 Å². The van der Waals surface area contributed by atoms with E-state index in [1.165, 1.54) is 11.3 Å². The number of anilines is 1. The Bertz CT molecular complexity index is 766. The van der Waals surface area contributed by atoms with E-state index in [0.717, 1.165) is 10.4 Å². The van der Waals surface area contributed by atoms with Crippen molar-refractivity contribution in [2.24, 2.45) is 0 Å². The number of nitrogen functional groups attached to an aromatic ring is 1. The standard InChI is InChI=1S/C14H13N3O3S/c1-18-9-4-3-8(7-10(9)19-2)13-16-14(20-17-13)11-5-6-12(15)21-11/h3-7H,15H2,1-2H3. The molecule has 3 rings (SSSR count). The van der Waals surface area contributed by atoms with Crippen LogP contribution in [0.5, 0.6) is 11.5 Å². The summed E-state index contributed by atoms with van der Waals surface area (Å²) in [6.45, 7) is 0. The third-order valence-corrected chi connectivity index (χ3v) is 3.81. The second kappa shape index (κ2) is 5.45. The molecular weight excluding hydrogens is 290 g/mol. The highest BCUT2D eigenvalue weighted by Gasteiger charge is 2.14. The van der Waals surface area contributed by atoms with Gasteiger partial charge in [0, 0.05) is 5.56 Å². The Balaban J connectivity index is 1.96. The predicted octanol–water partition coefficient (Wildman–Crippen LogP) is 3.06. The van der Waals surface area contributed by atoms with Gasteiger partial charge in [0.15, 0.2) is 11.5 Å². The lowest BCUT2D eigenvalue weighted by atomic mass is 10.2. The summed E-state index contributed by atoms with van der Waals surface area (Å²) in [4.78, 5) is 5.22. The van der Waals surface area contributed by atoms with E-state index >= 15 is 0 Å². The Morgan fingerprint density at radius 1 is 1.10 bits per heavy atom. The van der Waals surface area contributed by atoms with E-state index in [4.69, 9.17) is 19.7 Å². The summed E-state index contributed by atoms with van der Waals surface area (Å²) in [6, 6.07) is 9.11. The minimum absolute atomic E-state index is 0.446. The predicted molar refractivity (Wildman–Crippen MR) is 80.6 cm³/mol. The number of nitrogens with zero attached hydrogens (tertiary/aromatic N) is 2. The molecule has 0 aliphatic carbocycles. The van der Waals surface area contributed by atoms with Gasteiger partial charge in [0.05, 0.1) is 24.1 Å². The number of methoxy groups -OCH3 is 2. The Morgan fingerprint density at radius 2 is 1.90 bits per heavy atom. The van der Waals surface area contributed by atoms with Gasteiger partial charge in [-0.3, -0.25) is 0 Å². The van der Waals surface area contributed by atoms with Crippen LogP contribution in [0.15, 0.2) is 34.9 Å². The molecule has 0 atom stereocenters. The second-order valence-electron chi connectivity index (χ2n) is 4.19. The van der Waals surface area contributed by atoms with Crippen LogP contribution in [0.1, 0.15) is 0 Å². The summed E-state index contributed by atoms with van der Waals surface area (Å²) >= 11 is 1.40. The molecule has 2 aromatic heterocycles. The van der Waals surface area contributed by atoms with E-state index in [2.05, 4.69) is 10.1 Å². The Morgan fingerprint density at radius 3 is 2.57 bits per heavy atom. The van der Waals surface area contributed by atoms with Crippen LogP contribution < -0.4 is 15.2 Å². The highest BCUT2D eigenvalue weighted by atomic mass is 32.1. The third kappa shape index (κ3) is 2.55. The Kier molecular flexibility index (Phi) is 3.49. The fraction of sp³-hybridized carbons (Fsp3) is 0.143. The Hall–Kier alpha value is -2.54. The third-order valence-electron chi connectivity index (χ3n) is 2.91. The van der Waals surface area contributed by atoms with Crippen molar-refractivity contribution < 1.29 is 14.0 Å². The molecule has 0 saturated heterocycles. The summed E-state index contributed by atoms with van der Waals surface area (Å²) < 4.78 is 15.7. The second-order valence-corrected chi connectivity index (χ2v) is 5.31. The minimum atomic E-state index is 0.446. The molecule has 21 heavy (non-hydrogen) atoms. The molecule has 2 N–H and O–H groups in total. The highest BCUT2D eigenvalue weighted by Crippen LogP contribution is 2.33. The van der Waals surface area contributed by atoms with Crippen LogP contribution in [0.25, 0.3) is 22.2 Å². The average molecular weight is 303 g/mol. The Labute approximate surface area is 125 Å². The molecular formula is C14H13N3O3S. The first-order valence-corrected chi connectivity index (χ1v) is 6.94. The van der Waals surface area contributed by atoms with Gasteiger partial charge in [-0.15, -0.1) is 11.3 Å². The van der Waals surface area contributed by atoms with Crippen LogP contribution >= 0.6 is 11.3 Å². The van der Waals surface area contributed by atoms with Crippen molar-refractivity contribution in [2.75, 3.05) is 20.0 Å². The summed E-state index contributed by atoms with van der Waals surface area (Å²) in [7, 11) is 3.17. The van der Waals surface area contributed by atoms with E-state index in [-0.39, 0.29) is 0 Å². The molecule has 3 aromatic rings. The lowest BCUT2D eigenvalue weighted by Crippen LogP contribution is -1.91. The number of rotatable bonds is 4. The molecule has 7 heteroatoms. The molecule has 0 amide bonds. The number of ether oxygens (including phenoxy) is 2. The quantitative estimate of drug-likeness (QED) is 0.797. The maximum atomic E-state index is 5.70. The van der Waals surface area contributed by atoms with Crippen molar-refractivity contribution in [3.8, 4) is 33.7 Å². The van der Waals surface area contributed by atoms with Crippen LogP contribution in [-0.4, -0.2) is 24.4 Å². The van der Waals surface area contributed by atoms with E-state index < -0.39 is 0 Å². The number of nitrogens with two attached hydrogens (primary N) is 1. The summed E-state index contributed by atoms with van der Waals surface area (Å²) in [5.74, 6) is 2.19. The molecule has 0 aliphatic heterocycles. The monoisotopic (exact) mass is 303 g/mol. The number of thiophene rings is 1. The number of benzene rings is 1. The van der Waals surface area contributed by atoms with E-state index in [1.54, 1.807) is 32.4 Å². The first-order chi connectivity index (χ1) is 10.2. The molecule has 6 nitrogen and oxygen atoms in total. The highest BCUT2D eigenvalue weighted by molar-refractivity contribution is 7.19. The number of hydrogen-bond donors (Lipinski definition) is 1. The SMILES string of the molecule is COc1ccc(-c2noc(-c3ccc(N)s3)n2)cc1OC. The molecule has 0 bridgehead atoms. The van der Waals surface area contributed by atoms with Crippen molar-refractivity contribution in [1.82, 2.24) is 10.1 Å². The van der Waals surface area contributed by atoms with Gasteiger partial charge in [0.1, 0.15) is 0 Å². The van der Waals surface area contributed by atoms with Gasteiger partial charge in [-0.25, -0.2) is 0 Å². The zero-order valence-corrected chi connectivity index (χ0v) is 12.3. The van der Waals surface area contributed by atoms with Gasteiger partial charge in [0.25, 0.3) is 5.89 Å². The molecule has 0 radical (unpaired) electrons. The fourth-order valence-corrected chi connectivity index (χ4v) is 2.58. The number of hydrogen-bond acceptors (Lipinski definition) is 7. The molecule has 0 spiro atoms. The van der Waals surface area contributed by atoms with Crippen molar-refractivity contribution >= 4 is 16.3 Å². The smallest absolute Gasteiger partial charge is 0.268 e. The number of aromatic nitrogens is 2. The van der Waals surface area contributed by atoms with Gasteiger partial charge < -0.3 is 19.7 Å². The summed E-state index contributed by atoms with van der Waals surface area (Å²) in [5.41, 5.74) is 6.49. The van der Waals surface area contributed by atoms with Gasteiger partial charge in [-0.1, -0.05) is 5.16 Å². The maximum Gasteiger partial charge on any atom is 0.268 e. The molecule has 2 heterocycles. The largest absolute Gasteiger partial charge is 0.493 e. The van der Waals surface area contributed by atoms with E-state index in [9.17, 15) is 0 Å². The average Bonchev–Trinajstić information content (AvgIpc) is 3.15. The first kappa shape index (κ1) is 13.4. The van der Waals surface area contributed by atoms with Crippen LogP contribution in [0.2, 0.25) is 0 Å². The van der Waals surface area contributed by atoms with Gasteiger partial charge in [-0.2, -0.15) is 4.98 Å². The van der Waals surface area contributed by atoms with Crippen molar-refractivity contribution in [3.63, 3.8) is 0 Å². The normalized spacial score (nSPS) is 10.6.